The minimum absolute atomic E-state index is 0.00291. The number of ether oxygens (including phenoxy) is 2. The number of nitro groups is 2. The Morgan fingerprint density at radius 3 is 1.90 bits per heavy atom. The summed E-state index contributed by atoms with van der Waals surface area (Å²) >= 11 is 0. The highest BCUT2D eigenvalue weighted by atomic mass is 16.6. The third kappa shape index (κ3) is 6.42. The second-order valence-electron chi connectivity index (χ2n) is 11.1. The average Bonchev–Trinajstić information content (AvgIpc) is 3.25. The maximum absolute atomic E-state index is 13.5. The molecule has 214 valence electrons. The highest BCUT2D eigenvalue weighted by molar-refractivity contribution is 6.04. The smallest absolute Gasteiger partial charge is 0.417 e. The van der Waals surface area contributed by atoms with E-state index in [1.807, 2.05) is 13.8 Å². The molecular formula is C27H31N3O10. The molecule has 1 aliphatic rings. The number of esters is 1. The summed E-state index contributed by atoms with van der Waals surface area (Å²) in [7, 11) is 0. The van der Waals surface area contributed by atoms with Gasteiger partial charge >= 0.3 is 12.1 Å². The van der Waals surface area contributed by atoms with E-state index in [9.17, 15) is 39.7 Å². The van der Waals surface area contributed by atoms with Gasteiger partial charge in [0.05, 0.1) is 28.1 Å². The fourth-order valence-electron chi connectivity index (χ4n) is 4.86. The van der Waals surface area contributed by atoms with Crippen LogP contribution >= 0.6 is 0 Å². The predicted molar refractivity (Wildman–Crippen MR) is 141 cm³/mol. The predicted octanol–water partition coefficient (Wildman–Crippen LogP) is 4.51. The zero-order chi connectivity index (χ0) is 30.0. The summed E-state index contributed by atoms with van der Waals surface area (Å²) in [5.41, 5.74) is -3.14. The van der Waals surface area contributed by atoms with E-state index in [4.69, 9.17) is 9.47 Å². The van der Waals surface area contributed by atoms with Gasteiger partial charge in [-0.3, -0.25) is 25.0 Å². The number of nitro benzene ring substituents is 2. The largest absolute Gasteiger partial charge is 0.461 e. The van der Waals surface area contributed by atoms with Gasteiger partial charge in [-0.15, -0.1) is 0 Å². The van der Waals surface area contributed by atoms with Gasteiger partial charge in [-0.05, 0) is 43.5 Å². The number of hydrogen-bond donors (Lipinski definition) is 1. The Bertz CT molecular complexity index is 1300. The zero-order valence-corrected chi connectivity index (χ0v) is 22.7. The van der Waals surface area contributed by atoms with Crippen molar-refractivity contribution in [1.29, 1.82) is 0 Å². The molecule has 2 amide bonds. The molecule has 1 N–H and O–H groups in total. The molecule has 0 unspecified atom stereocenters. The van der Waals surface area contributed by atoms with E-state index in [1.54, 1.807) is 13.8 Å². The van der Waals surface area contributed by atoms with Crippen LogP contribution in [0.1, 0.15) is 61.8 Å². The molecule has 1 aliphatic heterocycles. The molecule has 2 aromatic carbocycles. The molecule has 0 aliphatic carbocycles. The lowest BCUT2D eigenvalue weighted by molar-refractivity contribution is -0.385. The van der Waals surface area contributed by atoms with Gasteiger partial charge in [0.15, 0.2) is 6.10 Å². The van der Waals surface area contributed by atoms with Crippen LogP contribution in [0.5, 0.6) is 0 Å². The van der Waals surface area contributed by atoms with Crippen molar-refractivity contribution >= 4 is 29.3 Å². The first kappa shape index (κ1) is 30.2. The van der Waals surface area contributed by atoms with Crippen molar-refractivity contribution in [2.24, 2.45) is 11.3 Å². The monoisotopic (exact) mass is 557 g/mol. The molecular weight excluding hydrogens is 526 g/mol. The molecule has 1 saturated heterocycles. The van der Waals surface area contributed by atoms with Crippen LogP contribution in [-0.4, -0.2) is 62.2 Å². The summed E-state index contributed by atoms with van der Waals surface area (Å²) in [5.74, 6) is -1.59. The number of benzene rings is 2. The van der Waals surface area contributed by atoms with Gasteiger partial charge in [-0.1, -0.05) is 27.7 Å². The number of nitrogens with zero attached hydrogens (tertiary/aromatic N) is 3. The van der Waals surface area contributed by atoms with E-state index < -0.39 is 51.0 Å². The van der Waals surface area contributed by atoms with E-state index in [-0.39, 0.29) is 41.4 Å². The van der Waals surface area contributed by atoms with Crippen molar-refractivity contribution in [2.45, 2.75) is 58.8 Å². The molecule has 3 atom stereocenters. The number of carbonyl (C=O) groups excluding carboxylic acids is 3. The van der Waals surface area contributed by atoms with Crippen molar-refractivity contribution < 1.29 is 38.8 Å². The third-order valence-corrected chi connectivity index (χ3v) is 6.66. The second-order valence-corrected chi connectivity index (χ2v) is 11.1. The standard InChI is InChI=1S/C27H31N3O10/c1-16(2)14-27(5,34)22-21(26(3,4)15-39-24(32)18-8-12-20(13-9-18)30(37)38)28(25(33)40-22)23(31)17-6-10-19(11-7-17)29(35)36/h6-13,16,21-22,34H,14-15H2,1-5H3/t21-,22+,27-/m0/s1. The summed E-state index contributed by atoms with van der Waals surface area (Å²) in [5, 5.41) is 33.3. The van der Waals surface area contributed by atoms with E-state index in [1.165, 1.54) is 31.2 Å². The average molecular weight is 558 g/mol. The highest BCUT2D eigenvalue weighted by Gasteiger charge is 2.58. The minimum Gasteiger partial charge on any atom is -0.461 e. The van der Waals surface area contributed by atoms with Crippen LogP contribution in [0.4, 0.5) is 16.2 Å². The molecule has 0 spiro atoms. The number of rotatable bonds is 10. The first-order valence-corrected chi connectivity index (χ1v) is 12.5. The lowest BCUT2D eigenvalue weighted by atomic mass is 9.74. The topological polar surface area (TPSA) is 179 Å². The van der Waals surface area contributed by atoms with E-state index in [0.717, 1.165) is 29.2 Å². The Morgan fingerprint density at radius 1 is 0.975 bits per heavy atom. The van der Waals surface area contributed by atoms with Gasteiger partial charge < -0.3 is 14.6 Å². The summed E-state index contributed by atoms with van der Waals surface area (Å²) in [6.07, 6.45) is -1.99. The van der Waals surface area contributed by atoms with Crippen LogP contribution in [0.2, 0.25) is 0 Å². The van der Waals surface area contributed by atoms with Gasteiger partial charge in [-0.2, -0.15) is 0 Å². The summed E-state index contributed by atoms with van der Waals surface area (Å²) in [6, 6.07) is 8.40. The van der Waals surface area contributed by atoms with E-state index in [2.05, 4.69) is 0 Å². The molecule has 13 heteroatoms. The number of amides is 2. The fraction of sp³-hybridized carbons (Fsp3) is 0.444. The van der Waals surface area contributed by atoms with Crippen LogP contribution in [0.3, 0.4) is 0 Å². The van der Waals surface area contributed by atoms with Crippen LogP contribution in [0.15, 0.2) is 48.5 Å². The fourth-order valence-corrected chi connectivity index (χ4v) is 4.86. The van der Waals surface area contributed by atoms with Crippen molar-refractivity contribution in [3.05, 3.63) is 79.9 Å². The Balaban J connectivity index is 1.94. The summed E-state index contributed by atoms with van der Waals surface area (Å²) in [6.45, 7) is 8.20. The molecule has 0 saturated carbocycles. The number of non-ortho nitro benzene ring substituents is 2. The lowest BCUT2D eigenvalue weighted by Gasteiger charge is -2.41. The van der Waals surface area contributed by atoms with Gasteiger partial charge in [0.2, 0.25) is 0 Å². The van der Waals surface area contributed by atoms with Crippen molar-refractivity contribution in [3.8, 4) is 0 Å². The molecule has 0 bridgehead atoms. The maximum Gasteiger partial charge on any atom is 0.417 e. The Hall–Kier alpha value is -4.39. The Morgan fingerprint density at radius 2 is 1.45 bits per heavy atom. The quantitative estimate of drug-likeness (QED) is 0.248. The number of aliphatic hydroxyl groups is 1. The summed E-state index contributed by atoms with van der Waals surface area (Å²) < 4.78 is 11.1. The number of carbonyl (C=O) groups is 3. The number of imide groups is 1. The molecule has 0 aromatic heterocycles. The van der Waals surface area contributed by atoms with Gasteiger partial charge in [0, 0.05) is 35.2 Å². The molecule has 13 nitrogen and oxygen atoms in total. The van der Waals surface area contributed by atoms with E-state index >= 15 is 0 Å². The van der Waals surface area contributed by atoms with Crippen LogP contribution in [0.25, 0.3) is 0 Å². The first-order chi connectivity index (χ1) is 18.5. The molecule has 1 fully saturated rings. The van der Waals surface area contributed by atoms with Crippen molar-refractivity contribution in [2.75, 3.05) is 6.61 Å². The van der Waals surface area contributed by atoms with Gasteiger partial charge in [0.25, 0.3) is 17.3 Å². The third-order valence-electron chi connectivity index (χ3n) is 6.66. The van der Waals surface area contributed by atoms with Crippen molar-refractivity contribution in [1.82, 2.24) is 4.90 Å². The SMILES string of the molecule is CC(C)C[C@](C)(O)[C@@H]1OC(=O)N(C(=O)c2ccc([N+](=O)[O-])cc2)[C@@H]1C(C)(C)COC(=O)c1ccc([N+](=O)[O-])cc1. The van der Waals surface area contributed by atoms with Crippen LogP contribution in [0, 0.1) is 31.6 Å². The van der Waals surface area contributed by atoms with Crippen LogP contribution < -0.4 is 0 Å². The van der Waals surface area contributed by atoms with Crippen LogP contribution in [-0.2, 0) is 9.47 Å². The zero-order valence-electron chi connectivity index (χ0n) is 22.7. The molecule has 1 heterocycles. The first-order valence-electron chi connectivity index (χ1n) is 12.5. The molecule has 3 rings (SSSR count). The summed E-state index contributed by atoms with van der Waals surface area (Å²) in [4.78, 5) is 60.9. The highest BCUT2D eigenvalue weighted by Crippen LogP contribution is 2.41. The van der Waals surface area contributed by atoms with E-state index in [0.29, 0.717) is 0 Å². The Labute approximate surface area is 230 Å². The van der Waals surface area contributed by atoms with Gasteiger partial charge in [-0.25, -0.2) is 14.5 Å². The number of cyclic esters (lactones) is 1. The lowest BCUT2D eigenvalue weighted by Crippen LogP contribution is -2.57. The second kappa shape index (κ2) is 11.4. The normalized spacial score (nSPS) is 18.7. The van der Waals surface area contributed by atoms with Gasteiger partial charge in [0.1, 0.15) is 5.60 Å². The van der Waals surface area contributed by atoms with Crippen molar-refractivity contribution in [3.63, 3.8) is 0 Å². The molecule has 40 heavy (non-hydrogen) atoms. The minimum atomic E-state index is -1.57. The molecule has 2 aromatic rings. The maximum atomic E-state index is 13.5. The Kier molecular flexibility index (Phi) is 8.58. The molecule has 0 radical (unpaired) electrons. The number of hydrogen-bond acceptors (Lipinski definition) is 10.